The van der Waals surface area contributed by atoms with E-state index in [0.29, 0.717) is 16.0 Å². The molecule has 0 saturated heterocycles. The number of rotatable bonds is 3. The number of thiazole rings is 1. The molecule has 3 aromatic rings. The Kier molecular flexibility index (Phi) is 5.48. The molecule has 2 aromatic carbocycles. The summed E-state index contributed by atoms with van der Waals surface area (Å²) < 4.78 is 0. The predicted molar refractivity (Wildman–Crippen MR) is 122 cm³/mol. The number of halogens is 2. The molecule has 1 aromatic heterocycles. The quantitative estimate of drug-likeness (QED) is 0.500. The smallest absolute Gasteiger partial charge is 0.189 e. The number of aryl methyl sites for hydroxylation is 2. The van der Waals surface area contributed by atoms with E-state index in [0.717, 1.165) is 38.5 Å². The van der Waals surface area contributed by atoms with Gasteiger partial charge in [0.15, 0.2) is 11.0 Å². The van der Waals surface area contributed by atoms with Crippen LogP contribution in [0.25, 0.3) is 0 Å². The molecule has 4 N–H and O–H groups in total. The number of amidine groups is 1. The van der Waals surface area contributed by atoms with Gasteiger partial charge in [-0.15, -0.1) is 12.4 Å². The minimum Gasteiger partial charge on any atom is -0.382 e. The summed E-state index contributed by atoms with van der Waals surface area (Å²) in [5.41, 5.74) is 13.1. The van der Waals surface area contributed by atoms with Crippen molar-refractivity contribution in [1.82, 2.24) is 4.98 Å². The first-order valence-corrected chi connectivity index (χ1v) is 9.62. The van der Waals surface area contributed by atoms with Gasteiger partial charge in [0.05, 0.1) is 10.6 Å². The highest BCUT2D eigenvalue weighted by Crippen LogP contribution is 2.36. The minimum absolute atomic E-state index is 0. The molecule has 8 heteroatoms. The number of nitrogens with two attached hydrogens (primary N) is 1. The Morgan fingerprint density at radius 1 is 1.07 bits per heavy atom. The van der Waals surface area contributed by atoms with Gasteiger partial charge in [-0.05, 0) is 61.7 Å². The van der Waals surface area contributed by atoms with E-state index in [-0.39, 0.29) is 18.2 Å². The largest absolute Gasteiger partial charge is 0.382 e. The molecule has 4 rings (SSSR count). The Hall–Kier alpha value is -2.41. The number of hydrogen-bond donors (Lipinski definition) is 3. The van der Waals surface area contributed by atoms with Crippen LogP contribution in [0.1, 0.15) is 32.7 Å². The summed E-state index contributed by atoms with van der Waals surface area (Å²) in [5, 5.41) is 12.9. The Morgan fingerprint density at radius 2 is 1.75 bits per heavy atom. The van der Waals surface area contributed by atoms with Gasteiger partial charge in [-0.3, -0.25) is 5.41 Å². The first-order chi connectivity index (χ1) is 12.8. The van der Waals surface area contributed by atoms with E-state index < -0.39 is 0 Å². The molecule has 2 heterocycles. The number of benzene rings is 2. The van der Waals surface area contributed by atoms with Gasteiger partial charge in [0.1, 0.15) is 5.82 Å². The van der Waals surface area contributed by atoms with Crippen molar-refractivity contribution in [2.24, 2.45) is 4.99 Å². The van der Waals surface area contributed by atoms with E-state index in [1.54, 1.807) is 0 Å². The van der Waals surface area contributed by atoms with Crippen LogP contribution in [0.3, 0.4) is 0 Å². The van der Waals surface area contributed by atoms with Crippen molar-refractivity contribution in [3.8, 4) is 0 Å². The van der Waals surface area contributed by atoms with Crippen LogP contribution in [0.15, 0.2) is 35.3 Å². The molecule has 144 valence electrons. The van der Waals surface area contributed by atoms with Crippen molar-refractivity contribution >= 4 is 63.5 Å². The lowest BCUT2D eigenvalue weighted by molar-refractivity contribution is 1.27. The number of nitrogen functional groups attached to an aromatic ring is 1. The average Bonchev–Trinajstić information content (AvgIpc) is 3.15. The third-order valence-corrected chi connectivity index (χ3v) is 5.95. The zero-order valence-corrected chi connectivity index (χ0v) is 17.9. The zero-order chi connectivity index (χ0) is 19.3. The SMILES string of the molecule is Cc1cc(C)c2c(c1C)C(c1sc(Nc3ccc(Cl)cc3)nc1N)=NC2=N.Cl. The molecule has 0 unspecified atom stereocenters. The Balaban J connectivity index is 0.00000225. The Morgan fingerprint density at radius 3 is 2.43 bits per heavy atom. The van der Waals surface area contributed by atoms with Crippen molar-refractivity contribution < 1.29 is 0 Å². The summed E-state index contributed by atoms with van der Waals surface area (Å²) in [6, 6.07) is 9.50. The molecular formula is C20H19Cl2N5S. The van der Waals surface area contributed by atoms with E-state index in [9.17, 15) is 0 Å². The number of nitrogens with zero attached hydrogens (tertiary/aromatic N) is 2. The molecular weight excluding hydrogens is 413 g/mol. The molecule has 0 radical (unpaired) electrons. The van der Waals surface area contributed by atoms with Crippen molar-refractivity contribution in [3.05, 3.63) is 68.0 Å². The summed E-state index contributed by atoms with van der Waals surface area (Å²) in [7, 11) is 0. The van der Waals surface area contributed by atoms with Crippen LogP contribution in [0, 0.1) is 26.2 Å². The highest BCUT2D eigenvalue weighted by atomic mass is 35.5. The van der Waals surface area contributed by atoms with E-state index >= 15 is 0 Å². The van der Waals surface area contributed by atoms with E-state index in [2.05, 4.69) is 35.2 Å². The number of hydrogen-bond acceptors (Lipinski definition) is 5. The first-order valence-electron chi connectivity index (χ1n) is 8.43. The maximum atomic E-state index is 8.32. The summed E-state index contributed by atoms with van der Waals surface area (Å²) >= 11 is 7.37. The summed E-state index contributed by atoms with van der Waals surface area (Å²) in [4.78, 5) is 9.75. The molecule has 0 amide bonds. The van der Waals surface area contributed by atoms with Gasteiger partial charge in [-0.25, -0.2) is 9.98 Å². The number of fused-ring (bicyclic) bond motifs is 1. The average molecular weight is 432 g/mol. The van der Waals surface area contributed by atoms with Gasteiger partial charge in [-0.2, -0.15) is 0 Å². The molecule has 0 spiro atoms. The van der Waals surface area contributed by atoms with Gasteiger partial charge in [0.25, 0.3) is 0 Å². The van der Waals surface area contributed by atoms with Crippen molar-refractivity contribution in [3.63, 3.8) is 0 Å². The number of aromatic nitrogens is 1. The second-order valence-corrected chi connectivity index (χ2v) is 8.00. The van der Waals surface area contributed by atoms with Gasteiger partial charge < -0.3 is 11.1 Å². The third kappa shape index (κ3) is 3.39. The maximum Gasteiger partial charge on any atom is 0.189 e. The third-order valence-electron chi connectivity index (χ3n) is 4.71. The van der Waals surface area contributed by atoms with Crippen LogP contribution in [-0.4, -0.2) is 16.5 Å². The molecule has 0 saturated carbocycles. The number of nitrogens with one attached hydrogen (secondary N) is 2. The Labute approximate surface area is 178 Å². The fourth-order valence-corrected chi connectivity index (χ4v) is 4.31. The van der Waals surface area contributed by atoms with Gasteiger partial charge in [0.2, 0.25) is 0 Å². The second kappa shape index (κ2) is 7.54. The first kappa shape index (κ1) is 20.3. The summed E-state index contributed by atoms with van der Waals surface area (Å²) in [5.74, 6) is 0.690. The Bertz CT molecular complexity index is 1120. The topological polar surface area (TPSA) is 87.2 Å². The van der Waals surface area contributed by atoms with Crippen molar-refractivity contribution in [1.29, 1.82) is 5.41 Å². The zero-order valence-electron chi connectivity index (χ0n) is 15.6. The monoisotopic (exact) mass is 431 g/mol. The minimum atomic E-state index is 0. The van der Waals surface area contributed by atoms with E-state index in [4.69, 9.17) is 22.7 Å². The second-order valence-electron chi connectivity index (χ2n) is 6.56. The van der Waals surface area contributed by atoms with Gasteiger partial charge in [0, 0.05) is 21.8 Å². The maximum absolute atomic E-state index is 8.32. The van der Waals surface area contributed by atoms with Crippen LogP contribution in [0.2, 0.25) is 5.02 Å². The van der Waals surface area contributed by atoms with E-state index in [1.807, 2.05) is 31.2 Å². The standard InChI is InChI=1S/C20H18ClN5S.ClH/c1-9-8-10(2)14-15(11(9)3)16(25-18(14)22)17-19(23)26-20(27-17)24-13-6-4-12(21)5-7-13;/h4-8,22H,23H2,1-3H3,(H,24,26);1H. The normalized spacial score (nSPS) is 12.4. The molecule has 0 bridgehead atoms. The molecule has 0 atom stereocenters. The molecule has 0 fully saturated rings. The lowest BCUT2D eigenvalue weighted by atomic mass is 9.91. The van der Waals surface area contributed by atoms with Crippen LogP contribution < -0.4 is 11.1 Å². The lowest BCUT2D eigenvalue weighted by Gasteiger charge is -2.12. The summed E-state index contributed by atoms with van der Waals surface area (Å²) in [6.07, 6.45) is 0. The van der Waals surface area contributed by atoms with Crippen LogP contribution in [-0.2, 0) is 0 Å². The molecule has 28 heavy (non-hydrogen) atoms. The fraction of sp³-hybridized carbons (Fsp3) is 0.150. The van der Waals surface area contributed by atoms with Crippen molar-refractivity contribution in [2.75, 3.05) is 11.1 Å². The lowest BCUT2D eigenvalue weighted by Crippen LogP contribution is -2.07. The highest BCUT2D eigenvalue weighted by molar-refractivity contribution is 7.18. The van der Waals surface area contributed by atoms with Crippen LogP contribution >= 0.6 is 35.3 Å². The molecule has 0 aliphatic carbocycles. The molecule has 5 nitrogen and oxygen atoms in total. The fourth-order valence-electron chi connectivity index (χ4n) is 3.29. The van der Waals surface area contributed by atoms with Gasteiger partial charge in [-0.1, -0.05) is 29.0 Å². The molecule has 1 aliphatic rings. The molecule has 1 aliphatic heterocycles. The van der Waals surface area contributed by atoms with Gasteiger partial charge >= 0.3 is 0 Å². The highest BCUT2D eigenvalue weighted by Gasteiger charge is 2.29. The predicted octanol–water partition coefficient (Wildman–Crippen LogP) is 5.65. The van der Waals surface area contributed by atoms with Crippen LogP contribution in [0.4, 0.5) is 16.6 Å². The van der Waals surface area contributed by atoms with Crippen LogP contribution in [0.5, 0.6) is 0 Å². The van der Waals surface area contributed by atoms with Crippen molar-refractivity contribution in [2.45, 2.75) is 20.8 Å². The number of aliphatic imine (C=N–C) groups is 1. The number of anilines is 3. The van der Waals surface area contributed by atoms with E-state index in [1.165, 1.54) is 16.9 Å². The summed E-state index contributed by atoms with van der Waals surface area (Å²) in [6.45, 7) is 6.15.